The minimum absolute atomic E-state index is 0.375. The van der Waals surface area contributed by atoms with Crippen molar-refractivity contribution >= 4 is 0 Å². The van der Waals surface area contributed by atoms with E-state index in [-0.39, 0.29) is 0 Å². The minimum atomic E-state index is 0.375. The maximum Gasteiger partial charge on any atom is 0.0471 e. The van der Waals surface area contributed by atoms with Crippen molar-refractivity contribution in [2.24, 2.45) is 11.8 Å². The zero-order chi connectivity index (χ0) is 12.3. The third-order valence-corrected chi connectivity index (χ3v) is 4.36. The van der Waals surface area contributed by atoms with Crippen LogP contribution in [0.3, 0.4) is 0 Å². The topological polar surface area (TPSA) is 26.7 Å². The van der Waals surface area contributed by atoms with Crippen LogP contribution >= 0.6 is 0 Å². The number of likely N-dealkylation sites (tertiary alicyclic amines) is 2. The van der Waals surface area contributed by atoms with Crippen molar-refractivity contribution in [2.45, 2.75) is 39.2 Å². The second-order valence-corrected chi connectivity index (χ2v) is 6.26. The van der Waals surface area contributed by atoms with Gasteiger partial charge in [-0.3, -0.25) is 4.90 Å². The Bertz CT molecular complexity index is 232. The van der Waals surface area contributed by atoms with E-state index in [0.717, 1.165) is 18.5 Å². The summed E-state index contributed by atoms with van der Waals surface area (Å²) in [5, 5.41) is 9.19. The minimum Gasteiger partial charge on any atom is -0.396 e. The highest BCUT2D eigenvalue weighted by Crippen LogP contribution is 2.23. The van der Waals surface area contributed by atoms with Crippen molar-refractivity contribution in [1.82, 2.24) is 9.80 Å². The number of hydrogen-bond donors (Lipinski definition) is 1. The Hall–Kier alpha value is -0.120. The molecular weight excluding hydrogens is 212 g/mol. The predicted octanol–water partition coefficient (Wildman–Crippen LogP) is 1.42. The van der Waals surface area contributed by atoms with Gasteiger partial charge in [-0.1, -0.05) is 13.8 Å². The van der Waals surface area contributed by atoms with Gasteiger partial charge in [0.1, 0.15) is 0 Å². The van der Waals surface area contributed by atoms with Crippen LogP contribution in [0, 0.1) is 11.8 Å². The smallest absolute Gasteiger partial charge is 0.0471 e. The Labute approximate surface area is 106 Å². The van der Waals surface area contributed by atoms with Crippen LogP contribution < -0.4 is 0 Å². The zero-order valence-corrected chi connectivity index (χ0v) is 11.4. The van der Waals surface area contributed by atoms with Crippen LogP contribution in [0.15, 0.2) is 0 Å². The van der Waals surface area contributed by atoms with E-state index in [1.54, 1.807) is 0 Å². The first-order chi connectivity index (χ1) is 8.19. The fraction of sp³-hybridized carbons (Fsp3) is 1.00. The molecule has 17 heavy (non-hydrogen) atoms. The Morgan fingerprint density at radius 3 is 2.65 bits per heavy atom. The molecule has 2 atom stereocenters. The molecule has 0 aromatic carbocycles. The van der Waals surface area contributed by atoms with Crippen molar-refractivity contribution in [3.8, 4) is 0 Å². The van der Waals surface area contributed by atoms with Gasteiger partial charge in [0.2, 0.25) is 0 Å². The number of nitrogens with zero attached hydrogens (tertiary/aromatic N) is 2. The van der Waals surface area contributed by atoms with E-state index in [0.29, 0.717) is 12.5 Å². The molecule has 0 aliphatic carbocycles. The number of hydrogen-bond acceptors (Lipinski definition) is 3. The SMILES string of the molecule is CC(C)CCN1CCC(N2CCC(CO)C2)C1. The van der Waals surface area contributed by atoms with Crippen molar-refractivity contribution < 1.29 is 5.11 Å². The predicted molar refractivity (Wildman–Crippen MR) is 71.1 cm³/mol. The first-order valence-corrected chi connectivity index (χ1v) is 7.26. The average molecular weight is 240 g/mol. The molecule has 2 saturated heterocycles. The lowest BCUT2D eigenvalue weighted by atomic mass is 10.1. The van der Waals surface area contributed by atoms with E-state index in [1.807, 2.05) is 0 Å². The molecule has 0 aromatic rings. The summed E-state index contributed by atoms with van der Waals surface area (Å²) >= 11 is 0. The largest absolute Gasteiger partial charge is 0.396 e. The van der Waals surface area contributed by atoms with E-state index in [2.05, 4.69) is 23.6 Å². The highest BCUT2D eigenvalue weighted by Gasteiger charge is 2.32. The first kappa shape index (κ1) is 13.3. The molecule has 0 saturated carbocycles. The number of aliphatic hydroxyl groups is 1. The van der Waals surface area contributed by atoms with Gasteiger partial charge in [-0.25, -0.2) is 0 Å². The van der Waals surface area contributed by atoms with Gasteiger partial charge in [0.05, 0.1) is 0 Å². The van der Waals surface area contributed by atoms with Crippen LogP contribution in [0.1, 0.15) is 33.1 Å². The van der Waals surface area contributed by atoms with Gasteiger partial charge < -0.3 is 10.0 Å². The van der Waals surface area contributed by atoms with Gasteiger partial charge in [0.15, 0.2) is 0 Å². The molecule has 100 valence electrons. The Kier molecular flexibility index (Phi) is 4.83. The summed E-state index contributed by atoms with van der Waals surface area (Å²) in [6.45, 7) is 11.1. The van der Waals surface area contributed by atoms with Crippen LogP contribution in [-0.4, -0.2) is 60.3 Å². The van der Waals surface area contributed by atoms with Gasteiger partial charge in [0, 0.05) is 25.7 Å². The van der Waals surface area contributed by atoms with Crippen LogP contribution in [0.25, 0.3) is 0 Å². The summed E-state index contributed by atoms with van der Waals surface area (Å²) in [6.07, 6.45) is 3.85. The Morgan fingerprint density at radius 2 is 2.00 bits per heavy atom. The highest BCUT2D eigenvalue weighted by molar-refractivity contribution is 4.87. The van der Waals surface area contributed by atoms with Crippen molar-refractivity contribution in [2.75, 3.05) is 39.3 Å². The van der Waals surface area contributed by atoms with E-state index in [1.165, 1.54) is 45.4 Å². The lowest BCUT2D eigenvalue weighted by Crippen LogP contribution is -2.36. The van der Waals surface area contributed by atoms with Crippen LogP contribution in [-0.2, 0) is 0 Å². The third-order valence-electron chi connectivity index (χ3n) is 4.36. The molecule has 0 bridgehead atoms. The van der Waals surface area contributed by atoms with Crippen molar-refractivity contribution in [3.05, 3.63) is 0 Å². The molecule has 2 fully saturated rings. The Morgan fingerprint density at radius 1 is 1.18 bits per heavy atom. The fourth-order valence-electron chi connectivity index (χ4n) is 3.10. The van der Waals surface area contributed by atoms with Crippen LogP contribution in [0.4, 0.5) is 0 Å². The molecule has 2 rings (SSSR count). The molecule has 3 nitrogen and oxygen atoms in total. The first-order valence-electron chi connectivity index (χ1n) is 7.26. The fourth-order valence-corrected chi connectivity index (χ4v) is 3.10. The summed E-state index contributed by atoms with van der Waals surface area (Å²) in [7, 11) is 0. The summed E-state index contributed by atoms with van der Waals surface area (Å²) in [4.78, 5) is 5.23. The summed E-state index contributed by atoms with van der Waals surface area (Å²) < 4.78 is 0. The lowest BCUT2D eigenvalue weighted by molar-refractivity contribution is 0.194. The molecule has 0 spiro atoms. The summed E-state index contributed by atoms with van der Waals surface area (Å²) in [5.74, 6) is 1.36. The lowest BCUT2D eigenvalue weighted by Gasteiger charge is -2.24. The molecule has 2 heterocycles. The molecule has 0 radical (unpaired) electrons. The van der Waals surface area contributed by atoms with E-state index >= 15 is 0 Å². The maximum atomic E-state index is 9.19. The molecular formula is C14H28N2O. The molecule has 3 heteroatoms. The average Bonchev–Trinajstić information content (AvgIpc) is 2.94. The molecule has 2 aliphatic rings. The van der Waals surface area contributed by atoms with Crippen LogP contribution in [0.5, 0.6) is 0 Å². The van der Waals surface area contributed by atoms with Gasteiger partial charge in [-0.05, 0) is 50.7 Å². The van der Waals surface area contributed by atoms with Crippen molar-refractivity contribution in [3.63, 3.8) is 0 Å². The maximum absolute atomic E-state index is 9.19. The third kappa shape index (κ3) is 3.67. The second kappa shape index (κ2) is 6.17. The van der Waals surface area contributed by atoms with Crippen molar-refractivity contribution in [1.29, 1.82) is 0 Å². The molecule has 2 unspecified atom stereocenters. The van der Waals surface area contributed by atoms with E-state index in [9.17, 15) is 5.11 Å². The van der Waals surface area contributed by atoms with Gasteiger partial charge >= 0.3 is 0 Å². The molecule has 1 N–H and O–H groups in total. The van der Waals surface area contributed by atoms with Gasteiger partial charge in [0.25, 0.3) is 0 Å². The van der Waals surface area contributed by atoms with E-state index in [4.69, 9.17) is 0 Å². The second-order valence-electron chi connectivity index (χ2n) is 6.26. The quantitative estimate of drug-likeness (QED) is 0.787. The van der Waals surface area contributed by atoms with E-state index < -0.39 is 0 Å². The Balaban J connectivity index is 1.71. The molecule has 0 amide bonds. The summed E-state index contributed by atoms with van der Waals surface area (Å²) in [6, 6.07) is 0.763. The zero-order valence-electron chi connectivity index (χ0n) is 11.4. The molecule has 2 aliphatic heterocycles. The van der Waals surface area contributed by atoms with Crippen LogP contribution in [0.2, 0.25) is 0 Å². The normalized spacial score (nSPS) is 31.8. The monoisotopic (exact) mass is 240 g/mol. The standard InChI is InChI=1S/C14H28N2O/c1-12(2)3-6-15-7-5-14(10-15)16-8-4-13(9-16)11-17/h12-14,17H,3-11H2,1-2H3. The van der Waals surface area contributed by atoms with Gasteiger partial charge in [-0.2, -0.15) is 0 Å². The highest BCUT2D eigenvalue weighted by atomic mass is 16.3. The van der Waals surface area contributed by atoms with Gasteiger partial charge in [-0.15, -0.1) is 0 Å². The number of aliphatic hydroxyl groups excluding tert-OH is 1. The number of rotatable bonds is 5. The summed E-state index contributed by atoms with van der Waals surface area (Å²) in [5.41, 5.74) is 0. The molecule has 0 aromatic heterocycles.